The van der Waals surface area contributed by atoms with Crippen LogP contribution in [0.5, 0.6) is 0 Å². The molecule has 0 aliphatic carbocycles. The van der Waals surface area contributed by atoms with Gasteiger partial charge in [0.15, 0.2) is 5.78 Å². The fraction of sp³-hybridized carbons (Fsp3) is 0.500. The number of hydrogen-bond acceptors (Lipinski definition) is 3. The predicted octanol–water partition coefficient (Wildman–Crippen LogP) is 6.25. The molecule has 1 aliphatic rings. The predicted molar refractivity (Wildman–Crippen MR) is 132 cm³/mol. The van der Waals surface area contributed by atoms with Gasteiger partial charge in [-0.15, -0.1) is 0 Å². The Morgan fingerprint density at radius 3 is 2.31 bits per heavy atom. The topological polar surface area (TPSA) is 49.4 Å². The fourth-order valence-corrected chi connectivity index (χ4v) is 4.31. The molecule has 0 radical (unpaired) electrons. The minimum absolute atomic E-state index is 0.0202. The van der Waals surface area contributed by atoms with Crippen LogP contribution in [0, 0.1) is 5.92 Å². The van der Waals surface area contributed by atoms with Crippen LogP contribution in [0.4, 0.5) is 5.69 Å². The van der Waals surface area contributed by atoms with Crippen molar-refractivity contribution in [3.63, 3.8) is 0 Å². The molecular formula is C28H38N2O2. The quantitative estimate of drug-likeness (QED) is 0.475. The Morgan fingerprint density at radius 1 is 1.00 bits per heavy atom. The first kappa shape index (κ1) is 24.2. The molecule has 0 aromatic heterocycles. The van der Waals surface area contributed by atoms with E-state index in [9.17, 15) is 9.59 Å². The van der Waals surface area contributed by atoms with Gasteiger partial charge in [-0.25, -0.2) is 0 Å². The van der Waals surface area contributed by atoms with Crippen molar-refractivity contribution in [2.24, 2.45) is 5.92 Å². The maximum Gasteiger partial charge on any atom is 0.226 e. The molecule has 3 rings (SSSR count). The number of piperidine rings is 1. The summed E-state index contributed by atoms with van der Waals surface area (Å²) in [5.74, 6) is 1.30. The van der Waals surface area contributed by atoms with Crippen molar-refractivity contribution >= 4 is 17.4 Å². The van der Waals surface area contributed by atoms with Crippen LogP contribution < -0.4 is 5.32 Å². The third-order valence-corrected chi connectivity index (χ3v) is 6.52. The highest BCUT2D eigenvalue weighted by atomic mass is 16.1. The first-order chi connectivity index (χ1) is 15.3. The molecule has 1 N–H and O–H groups in total. The van der Waals surface area contributed by atoms with Crippen LogP contribution in [-0.4, -0.2) is 36.2 Å². The zero-order valence-electron chi connectivity index (χ0n) is 20.1. The second-order valence-electron chi connectivity index (χ2n) is 9.69. The average molecular weight is 435 g/mol. The van der Waals surface area contributed by atoms with E-state index >= 15 is 0 Å². The molecule has 2 aromatic carbocycles. The van der Waals surface area contributed by atoms with E-state index in [1.54, 1.807) is 0 Å². The average Bonchev–Trinajstić information content (AvgIpc) is 2.79. The van der Waals surface area contributed by atoms with E-state index < -0.39 is 0 Å². The van der Waals surface area contributed by atoms with Crippen molar-refractivity contribution in [1.82, 2.24) is 4.90 Å². The minimum Gasteiger partial charge on any atom is -0.326 e. The summed E-state index contributed by atoms with van der Waals surface area (Å²) in [6, 6.07) is 16.4. The van der Waals surface area contributed by atoms with Crippen LogP contribution >= 0.6 is 0 Å². The molecule has 1 heterocycles. The first-order valence-corrected chi connectivity index (χ1v) is 12.1. The Bertz CT molecular complexity index is 894. The van der Waals surface area contributed by atoms with Gasteiger partial charge in [0.05, 0.1) is 0 Å². The SMILES string of the molecule is CC(C)C(=O)Nc1cccc(C2CCN(CCCC(=O)c3ccc(C(C)C)cc3)CC2)c1. The lowest BCUT2D eigenvalue weighted by atomic mass is 9.89. The second kappa shape index (κ2) is 11.4. The Kier molecular flexibility index (Phi) is 8.63. The van der Waals surface area contributed by atoms with E-state index in [-0.39, 0.29) is 17.6 Å². The highest BCUT2D eigenvalue weighted by Gasteiger charge is 2.21. The number of rotatable bonds is 9. The lowest BCUT2D eigenvalue weighted by molar-refractivity contribution is -0.118. The summed E-state index contributed by atoms with van der Waals surface area (Å²) in [6.45, 7) is 11.3. The third kappa shape index (κ3) is 6.77. The summed E-state index contributed by atoms with van der Waals surface area (Å²) < 4.78 is 0. The van der Waals surface area contributed by atoms with Crippen LogP contribution in [0.3, 0.4) is 0 Å². The van der Waals surface area contributed by atoms with Crippen LogP contribution in [0.15, 0.2) is 48.5 Å². The summed E-state index contributed by atoms with van der Waals surface area (Å²) in [4.78, 5) is 27.0. The molecule has 0 bridgehead atoms. The summed E-state index contributed by atoms with van der Waals surface area (Å²) >= 11 is 0. The lowest BCUT2D eigenvalue weighted by Gasteiger charge is -2.32. The zero-order chi connectivity index (χ0) is 23.1. The number of amides is 1. The number of ketones is 1. The molecule has 32 heavy (non-hydrogen) atoms. The number of carbonyl (C=O) groups excluding carboxylic acids is 2. The van der Waals surface area contributed by atoms with Gasteiger partial charge in [-0.05, 0) is 74.0 Å². The molecule has 1 amide bonds. The van der Waals surface area contributed by atoms with Crippen LogP contribution in [-0.2, 0) is 4.79 Å². The Labute approximate surface area is 193 Å². The maximum atomic E-state index is 12.5. The third-order valence-electron chi connectivity index (χ3n) is 6.52. The van der Waals surface area contributed by atoms with E-state index in [0.29, 0.717) is 18.3 Å². The Hall–Kier alpha value is -2.46. The van der Waals surface area contributed by atoms with Gasteiger partial charge in [-0.2, -0.15) is 0 Å². The van der Waals surface area contributed by atoms with Gasteiger partial charge in [0.1, 0.15) is 0 Å². The van der Waals surface area contributed by atoms with Crippen LogP contribution in [0.1, 0.15) is 86.7 Å². The van der Waals surface area contributed by atoms with Gasteiger partial charge in [0.25, 0.3) is 0 Å². The summed E-state index contributed by atoms with van der Waals surface area (Å²) in [7, 11) is 0. The zero-order valence-corrected chi connectivity index (χ0v) is 20.1. The number of likely N-dealkylation sites (tertiary alicyclic amines) is 1. The summed E-state index contributed by atoms with van der Waals surface area (Å²) in [6.07, 6.45) is 3.75. The largest absolute Gasteiger partial charge is 0.326 e. The van der Waals surface area contributed by atoms with E-state index in [0.717, 1.165) is 50.1 Å². The van der Waals surface area contributed by atoms with Gasteiger partial charge >= 0.3 is 0 Å². The molecule has 0 saturated carbocycles. The number of nitrogens with zero attached hydrogens (tertiary/aromatic N) is 1. The molecule has 2 aromatic rings. The van der Waals surface area contributed by atoms with Crippen molar-refractivity contribution in [2.75, 3.05) is 25.0 Å². The minimum atomic E-state index is -0.0202. The van der Waals surface area contributed by atoms with Gasteiger partial charge in [-0.1, -0.05) is 64.1 Å². The van der Waals surface area contributed by atoms with Crippen molar-refractivity contribution in [1.29, 1.82) is 0 Å². The molecule has 172 valence electrons. The summed E-state index contributed by atoms with van der Waals surface area (Å²) in [5.41, 5.74) is 4.31. The number of carbonyl (C=O) groups is 2. The van der Waals surface area contributed by atoms with Crippen molar-refractivity contribution in [3.05, 3.63) is 65.2 Å². The number of nitrogens with one attached hydrogen (secondary N) is 1. The van der Waals surface area contributed by atoms with Crippen molar-refractivity contribution in [2.45, 2.75) is 65.2 Å². The molecule has 4 nitrogen and oxygen atoms in total. The fourth-order valence-electron chi connectivity index (χ4n) is 4.31. The Balaban J connectivity index is 1.42. The molecule has 0 unspecified atom stereocenters. The number of hydrogen-bond donors (Lipinski definition) is 1. The van der Waals surface area contributed by atoms with E-state index in [2.05, 4.69) is 48.3 Å². The number of anilines is 1. The van der Waals surface area contributed by atoms with E-state index in [1.807, 2.05) is 38.1 Å². The maximum absolute atomic E-state index is 12.5. The molecule has 0 spiro atoms. The van der Waals surface area contributed by atoms with Gasteiger partial charge in [-0.3, -0.25) is 9.59 Å². The molecule has 0 atom stereocenters. The van der Waals surface area contributed by atoms with Crippen LogP contribution in [0.2, 0.25) is 0 Å². The highest BCUT2D eigenvalue weighted by molar-refractivity contribution is 5.96. The van der Waals surface area contributed by atoms with E-state index in [4.69, 9.17) is 0 Å². The monoisotopic (exact) mass is 434 g/mol. The number of Topliss-reactive ketones (excluding diaryl/α,β-unsaturated/α-hetero) is 1. The van der Waals surface area contributed by atoms with Crippen molar-refractivity contribution in [3.8, 4) is 0 Å². The van der Waals surface area contributed by atoms with Gasteiger partial charge in [0.2, 0.25) is 5.91 Å². The normalized spacial score (nSPS) is 15.3. The highest BCUT2D eigenvalue weighted by Crippen LogP contribution is 2.30. The molecule has 4 heteroatoms. The second-order valence-corrected chi connectivity index (χ2v) is 9.69. The summed E-state index contributed by atoms with van der Waals surface area (Å²) in [5, 5.41) is 3.01. The van der Waals surface area contributed by atoms with E-state index in [1.165, 1.54) is 11.1 Å². The molecular weight excluding hydrogens is 396 g/mol. The number of benzene rings is 2. The van der Waals surface area contributed by atoms with Crippen LogP contribution in [0.25, 0.3) is 0 Å². The Morgan fingerprint density at radius 2 is 1.69 bits per heavy atom. The molecule has 1 aliphatic heterocycles. The first-order valence-electron chi connectivity index (χ1n) is 12.1. The molecule has 1 fully saturated rings. The standard InChI is InChI=1S/C28H38N2O2/c1-20(2)22-10-12-24(13-11-22)27(31)9-6-16-30-17-14-23(15-18-30)25-7-5-8-26(19-25)29-28(32)21(3)4/h5,7-8,10-13,19-21,23H,6,9,14-18H2,1-4H3,(H,29,32). The van der Waals surface area contributed by atoms with Gasteiger partial charge in [0, 0.05) is 23.6 Å². The van der Waals surface area contributed by atoms with Crippen molar-refractivity contribution < 1.29 is 9.59 Å². The smallest absolute Gasteiger partial charge is 0.226 e. The van der Waals surface area contributed by atoms with Gasteiger partial charge < -0.3 is 10.2 Å². The molecule has 1 saturated heterocycles. The lowest BCUT2D eigenvalue weighted by Crippen LogP contribution is -2.33.